The van der Waals surface area contributed by atoms with Crippen LogP contribution in [0.3, 0.4) is 0 Å². The highest BCUT2D eigenvalue weighted by Gasteiger charge is 2.20. The van der Waals surface area contributed by atoms with E-state index >= 15 is 0 Å². The minimum Gasteiger partial charge on any atom is -0.354 e. The Labute approximate surface area is 111 Å². The lowest BCUT2D eigenvalue weighted by Gasteiger charge is -2.22. The summed E-state index contributed by atoms with van der Waals surface area (Å²) in [4.78, 5) is 14.3. The second-order valence-corrected chi connectivity index (χ2v) is 5.77. The zero-order chi connectivity index (χ0) is 13.5. The van der Waals surface area contributed by atoms with Crippen molar-refractivity contribution in [3.63, 3.8) is 0 Å². The molecule has 106 valence electrons. The lowest BCUT2D eigenvalue weighted by Crippen LogP contribution is -2.46. The molecule has 0 aromatic heterocycles. The molecule has 0 spiro atoms. The second-order valence-electron chi connectivity index (χ2n) is 5.77. The van der Waals surface area contributed by atoms with Crippen LogP contribution in [0.4, 0.5) is 0 Å². The minimum absolute atomic E-state index is 0.00220. The van der Waals surface area contributed by atoms with Crippen molar-refractivity contribution in [3.05, 3.63) is 0 Å². The maximum absolute atomic E-state index is 11.8. The molecule has 0 aliphatic carbocycles. The Morgan fingerprint density at radius 3 is 2.50 bits per heavy atom. The number of carbonyl (C=O) groups is 1. The van der Waals surface area contributed by atoms with Gasteiger partial charge in [-0.3, -0.25) is 4.79 Å². The smallest absolute Gasteiger partial charge is 0.237 e. The standard InChI is InChI=1S/C14H29N3O/c1-4-12(3)13(15)14(18)16-9-11(2)10-17-7-5-6-8-17/h11-13H,4-10,15H2,1-3H3,(H,16,18)/t11?,12?,13-/m0/s1. The molecular formula is C14H29N3O. The maximum Gasteiger partial charge on any atom is 0.237 e. The molecule has 3 N–H and O–H groups in total. The average Bonchev–Trinajstić information content (AvgIpc) is 2.86. The summed E-state index contributed by atoms with van der Waals surface area (Å²) in [5.41, 5.74) is 5.90. The molecule has 4 nitrogen and oxygen atoms in total. The third-order valence-corrected chi connectivity index (χ3v) is 3.95. The zero-order valence-electron chi connectivity index (χ0n) is 12.1. The van der Waals surface area contributed by atoms with E-state index in [1.165, 1.54) is 25.9 Å². The van der Waals surface area contributed by atoms with Crippen LogP contribution in [0.1, 0.15) is 40.0 Å². The zero-order valence-corrected chi connectivity index (χ0v) is 12.1. The first-order valence-corrected chi connectivity index (χ1v) is 7.30. The number of amides is 1. The highest BCUT2D eigenvalue weighted by molar-refractivity contribution is 5.81. The maximum atomic E-state index is 11.8. The first-order valence-electron chi connectivity index (χ1n) is 7.30. The molecule has 18 heavy (non-hydrogen) atoms. The highest BCUT2D eigenvalue weighted by Crippen LogP contribution is 2.10. The summed E-state index contributed by atoms with van der Waals surface area (Å²) in [5, 5.41) is 2.98. The monoisotopic (exact) mass is 255 g/mol. The van der Waals surface area contributed by atoms with Crippen molar-refractivity contribution in [1.29, 1.82) is 0 Å². The molecule has 1 aliphatic rings. The predicted octanol–water partition coefficient (Wildman–Crippen LogP) is 1.21. The van der Waals surface area contributed by atoms with Gasteiger partial charge in [-0.1, -0.05) is 27.2 Å². The summed E-state index contributed by atoms with van der Waals surface area (Å²) in [6.45, 7) is 10.5. The van der Waals surface area contributed by atoms with Crippen molar-refractivity contribution in [2.45, 2.75) is 46.1 Å². The third kappa shape index (κ3) is 4.94. The van der Waals surface area contributed by atoms with E-state index in [-0.39, 0.29) is 17.9 Å². The molecule has 3 atom stereocenters. The summed E-state index contributed by atoms with van der Waals surface area (Å²) in [7, 11) is 0. The van der Waals surface area contributed by atoms with Crippen LogP contribution in [0.5, 0.6) is 0 Å². The van der Waals surface area contributed by atoms with Crippen LogP contribution in [0.25, 0.3) is 0 Å². The number of likely N-dealkylation sites (tertiary alicyclic amines) is 1. The SMILES string of the molecule is CCC(C)[C@H](N)C(=O)NCC(C)CN1CCCC1. The molecule has 1 saturated heterocycles. The van der Waals surface area contributed by atoms with E-state index in [1.54, 1.807) is 0 Å². The van der Waals surface area contributed by atoms with E-state index < -0.39 is 0 Å². The molecule has 1 fully saturated rings. The minimum atomic E-state index is -0.367. The van der Waals surface area contributed by atoms with Gasteiger partial charge in [-0.25, -0.2) is 0 Å². The predicted molar refractivity (Wildman–Crippen MR) is 75.3 cm³/mol. The Morgan fingerprint density at radius 2 is 1.94 bits per heavy atom. The number of carbonyl (C=O) groups excluding carboxylic acids is 1. The van der Waals surface area contributed by atoms with Crippen molar-refractivity contribution in [2.75, 3.05) is 26.2 Å². The van der Waals surface area contributed by atoms with Crippen molar-refractivity contribution >= 4 is 5.91 Å². The Bertz CT molecular complexity index is 251. The van der Waals surface area contributed by atoms with Crippen molar-refractivity contribution < 1.29 is 4.79 Å². The fourth-order valence-electron chi connectivity index (χ4n) is 2.38. The Hall–Kier alpha value is -0.610. The molecule has 0 aromatic carbocycles. The highest BCUT2D eigenvalue weighted by atomic mass is 16.2. The lowest BCUT2D eigenvalue weighted by atomic mass is 9.99. The average molecular weight is 255 g/mol. The fourth-order valence-corrected chi connectivity index (χ4v) is 2.38. The van der Waals surface area contributed by atoms with Gasteiger partial charge in [0.05, 0.1) is 6.04 Å². The van der Waals surface area contributed by atoms with E-state index in [2.05, 4.69) is 24.1 Å². The quantitative estimate of drug-likeness (QED) is 0.719. The van der Waals surface area contributed by atoms with E-state index in [0.717, 1.165) is 19.5 Å². The molecular weight excluding hydrogens is 226 g/mol. The van der Waals surface area contributed by atoms with Gasteiger partial charge in [0.15, 0.2) is 0 Å². The Kier molecular flexibility index (Phi) is 6.65. The van der Waals surface area contributed by atoms with Crippen molar-refractivity contribution in [3.8, 4) is 0 Å². The molecule has 4 heteroatoms. The number of hydrogen-bond donors (Lipinski definition) is 2. The molecule has 0 bridgehead atoms. The number of nitrogens with two attached hydrogens (primary N) is 1. The van der Waals surface area contributed by atoms with Gasteiger partial charge in [0.1, 0.15) is 0 Å². The van der Waals surface area contributed by atoms with Crippen LogP contribution in [-0.2, 0) is 4.79 Å². The van der Waals surface area contributed by atoms with Gasteiger partial charge in [0.25, 0.3) is 0 Å². The van der Waals surface area contributed by atoms with E-state index in [0.29, 0.717) is 5.92 Å². The largest absolute Gasteiger partial charge is 0.354 e. The summed E-state index contributed by atoms with van der Waals surface area (Å²) >= 11 is 0. The number of rotatable bonds is 7. The summed E-state index contributed by atoms with van der Waals surface area (Å²) in [6.07, 6.45) is 3.58. The molecule has 1 heterocycles. The molecule has 1 aliphatic heterocycles. The van der Waals surface area contributed by atoms with Crippen LogP contribution in [0.15, 0.2) is 0 Å². The number of nitrogens with zero attached hydrogens (tertiary/aromatic N) is 1. The van der Waals surface area contributed by atoms with Crippen LogP contribution in [0, 0.1) is 11.8 Å². The van der Waals surface area contributed by atoms with Crippen LogP contribution < -0.4 is 11.1 Å². The molecule has 1 amide bonds. The first-order chi connectivity index (χ1) is 8.54. The molecule has 2 unspecified atom stereocenters. The topological polar surface area (TPSA) is 58.4 Å². The fraction of sp³-hybridized carbons (Fsp3) is 0.929. The lowest BCUT2D eigenvalue weighted by molar-refractivity contribution is -0.123. The number of hydrogen-bond acceptors (Lipinski definition) is 3. The van der Waals surface area contributed by atoms with Crippen LogP contribution >= 0.6 is 0 Å². The summed E-state index contributed by atoms with van der Waals surface area (Å²) in [5.74, 6) is 0.743. The molecule has 0 radical (unpaired) electrons. The van der Waals surface area contributed by atoms with Gasteiger partial charge in [-0.05, 0) is 37.8 Å². The summed E-state index contributed by atoms with van der Waals surface area (Å²) in [6, 6.07) is -0.367. The van der Waals surface area contributed by atoms with Gasteiger partial charge in [0, 0.05) is 13.1 Å². The third-order valence-electron chi connectivity index (χ3n) is 3.95. The Morgan fingerprint density at radius 1 is 1.33 bits per heavy atom. The Balaban J connectivity index is 2.20. The van der Waals surface area contributed by atoms with Gasteiger partial charge in [-0.15, -0.1) is 0 Å². The second kappa shape index (κ2) is 7.74. The van der Waals surface area contributed by atoms with Gasteiger partial charge >= 0.3 is 0 Å². The van der Waals surface area contributed by atoms with E-state index in [9.17, 15) is 4.79 Å². The van der Waals surface area contributed by atoms with Crippen LogP contribution in [-0.4, -0.2) is 43.0 Å². The van der Waals surface area contributed by atoms with E-state index in [4.69, 9.17) is 5.73 Å². The molecule has 1 rings (SSSR count). The first kappa shape index (κ1) is 15.4. The van der Waals surface area contributed by atoms with Crippen molar-refractivity contribution in [2.24, 2.45) is 17.6 Å². The number of nitrogens with one attached hydrogen (secondary N) is 1. The van der Waals surface area contributed by atoms with Crippen LogP contribution in [0.2, 0.25) is 0 Å². The normalized spacial score (nSPS) is 21.6. The molecule has 0 aromatic rings. The molecule has 0 saturated carbocycles. The summed E-state index contributed by atoms with van der Waals surface area (Å²) < 4.78 is 0. The van der Waals surface area contributed by atoms with Crippen molar-refractivity contribution in [1.82, 2.24) is 10.2 Å². The van der Waals surface area contributed by atoms with Gasteiger partial charge in [-0.2, -0.15) is 0 Å². The van der Waals surface area contributed by atoms with Gasteiger partial charge < -0.3 is 16.0 Å². The van der Waals surface area contributed by atoms with Gasteiger partial charge in [0.2, 0.25) is 5.91 Å². The van der Waals surface area contributed by atoms with E-state index in [1.807, 2.05) is 6.92 Å².